The van der Waals surface area contributed by atoms with Crippen LogP contribution in [0.5, 0.6) is 0 Å². The summed E-state index contributed by atoms with van der Waals surface area (Å²) in [5.41, 5.74) is 8.73. The molecule has 4 aliphatic heterocycles. The van der Waals surface area contributed by atoms with Gasteiger partial charge in [-0.2, -0.15) is 0 Å². The highest BCUT2D eigenvalue weighted by molar-refractivity contribution is 6.04. The number of piperazine rings is 1. The van der Waals surface area contributed by atoms with Gasteiger partial charge in [0.05, 0.1) is 25.7 Å². The number of amides is 11. The molecule has 0 aromatic heterocycles. The van der Waals surface area contributed by atoms with Crippen LogP contribution >= 0.6 is 0 Å². The second-order valence-electron chi connectivity index (χ2n) is 14.6. The Bertz CT molecular complexity index is 1760. The number of nitrogens with zero attached hydrogens (tertiary/aromatic N) is 2. The first-order valence-electron chi connectivity index (χ1n) is 18.2. The van der Waals surface area contributed by atoms with Crippen molar-refractivity contribution in [1.29, 1.82) is 0 Å². The third-order valence-corrected chi connectivity index (χ3v) is 10.1. The highest BCUT2D eigenvalue weighted by atomic mass is 16.4. The van der Waals surface area contributed by atoms with Crippen LogP contribution in [0.4, 0.5) is 0 Å². The van der Waals surface area contributed by atoms with E-state index in [1.54, 1.807) is 0 Å². The zero-order valence-corrected chi connectivity index (χ0v) is 31.4. The monoisotopic (exact) mass is 805 g/mol. The van der Waals surface area contributed by atoms with Crippen LogP contribution in [0, 0.1) is 0 Å². The summed E-state index contributed by atoms with van der Waals surface area (Å²) in [6.07, 6.45) is -3.01. The summed E-state index contributed by atoms with van der Waals surface area (Å²) < 4.78 is 0. The average molecular weight is 806 g/mol. The van der Waals surface area contributed by atoms with Crippen molar-refractivity contribution in [2.24, 2.45) is 11.5 Å². The van der Waals surface area contributed by atoms with E-state index in [1.165, 1.54) is 20.8 Å². The number of aliphatic carboxylic acids is 1. The van der Waals surface area contributed by atoms with Gasteiger partial charge in [-0.25, -0.2) is 0 Å². The molecule has 0 radical (unpaired) electrons. The molecular weight excluding hydrogens is 758 g/mol. The number of fused-ring (bicyclic) bond motifs is 3. The Balaban J connectivity index is 1.66. The average Bonchev–Trinajstić information content (AvgIpc) is 3.74. The highest BCUT2D eigenvalue weighted by Crippen LogP contribution is 2.37. The Kier molecular flexibility index (Phi) is 13.4. The van der Waals surface area contributed by atoms with Gasteiger partial charge in [0.25, 0.3) is 0 Å². The van der Waals surface area contributed by atoms with Crippen molar-refractivity contribution in [1.82, 2.24) is 47.0 Å². The number of rotatable bonds is 6. The minimum absolute atomic E-state index is 0.0311. The van der Waals surface area contributed by atoms with Crippen LogP contribution in [-0.2, 0) is 57.5 Å². The molecule has 4 saturated heterocycles. The third kappa shape index (κ3) is 10.1. The number of carbonyl (C=O) groups is 12. The van der Waals surface area contributed by atoms with E-state index in [9.17, 15) is 62.6 Å². The van der Waals surface area contributed by atoms with Crippen molar-refractivity contribution >= 4 is 70.9 Å². The summed E-state index contributed by atoms with van der Waals surface area (Å²) in [6.45, 7) is 3.37. The van der Waals surface area contributed by atoms with Crippen LogP contribution in [0.2, 0.25) is 0 Å². The molecule has 24 heteroatoms. The first kappa shape index (κ1) is 43.4. The van der Waals surface area contributed by atoms with E-state index in [2.05, 4.69) is 37.2 Å². The van der Waals surface area contributed by atoms with Crippen LogP contribution in [-0.4, -0.2) is 153 Å². The van der Waals surface area contributed by atoms with E-state index in [1.807, 2.05) is 0 Å². The van der Waals surface area contributed by atoms with Crippen LogP contribution in [0.3, 0.4) is 0 Å². The number of hydrogen-bond donors (Lipinski definition) is 10. The molecule has 0 spiro atoms. The molecule has 0 aromatic carbocycles. The van der Waals surface area contributed by atoms with Gasteiger partial charge < -0.3 is 63.6 Å². The van der Waals surface area contributed by atoms with Crippen molar-refractivity contribution < 1.29 is 62.6 Å². The van der Waals surface area contributed by atoms with Gasteiger partial charge in [-0.3, -0.25) is 57.5 Å². The summed E-state index contributed by atoms with van der Waals surface area (Å²) in [7, 11) is 0. The largest absolute Gasteiger partial charge is 0.481 e. The normalized spacial score (nSPS) is 32.2. The molecule has 0 unspecified atom stereocenters. The lowest BCUT2D eigenvalue weighted by Crippen LogP contribution is -2.69. The quantitative estimate of drug-likeness (QED) is 0.119. The minimum atomic E-state index is -1.96. The Labute approximate surface area is 324 Å². The number of nitrogens with one attached hydrogen (secondary N) is 7. The standard InChI is InChI=1S/C33H47N11O13/c1-13-27(52)41-18(8-22(35)46)30(55)43-6-4-5-20(43)29(54)40-17(7-21(34)45)28(53)38-14(2)25(50)37-15(3)26(51)39-16-10-33(11-24(48)49)32(57)42-19(9-23(47)36-13)31(56)44(33)12-16/h13-20H,4-12H2,1-3H3,(H2,34,45)(H2,35,46)(H,36,47)(H,37,50)(H,38,53)(H,39,51)(H,40,54)(H,41,52)(H,42,57)(H,48,49)/t13-,14-,15-,16-,17-,18-,19-,20-,33+/m0/s1. The summed E-state index contributed by atoms with van der Waals surface area (Å²) in [5, 5.41) is 26.4. The van der Waals surface area contributed by atoms with Crippen LogP contribution in [0.1, 0.15) is 65.7 Å². The molecule has 312 valence electrons. The molecule has 0 aliphatic carbocycles. The zero-order chi connectivity index (χ0) is 42.5. The number of nitrogens with two attached hydrogens (primary N) is 2. The van der Waals surface area contributed by atoms with Crippen molar-refractivity contribution in [3.8, 4) is 0 Å². The molecule has 0 saturated carbocycles. The van der Waals surface area contributed by atoms with E-state index in [0.717, 1.165) is 9.80 Å². The summed E-state index contributed by atoms with van der Waals surface area (Å²) in [6, 6.07) is -11.1. The lowest BCUT2D eigenvalue weighted by Gasteiger charge is -2.42. The van der Waals surface area contributed by atoms with Crippen molar-refractivity contribution in [2.45, 2.75) is 120 Å². The molecule has 57 heavy (non-hydrogen) atoms. The number of carboxylic acids is 1. The molecule has 24 nitrogen and oxygen atoms in total. The van der Waals surface area contributed by atoms with Crippen molar-refractivity contribution in [3.05, 3.63) is 0 Å². The second-order valence-corrected chi connectivity index (χ2v) is 14.6. The summed E-state index contributed by atoms with van der Waals surface area (Å²) in [4.78, 5) is 158. The Hall–Kier alpha value is -6.36. The predicted octanol–water partition coefficient (Wildman–Crippen LogP) is -6.96. The predicted molar refractivity (Wildman–Crippen MR) is 189 cm³/mol. The Morgan fingerprint density at radius 2 is 1.25 bits per heavy atom. The van der Waals surface area contributed by atoms with E-state index >= 15 is 0 Å². The maximum atomic E-state index is 13.7. The van der Waals surface area contributed by atoms with Gasteiger partial charge in [-0.15, -0.1) is 0 Å². The molecule has 11 amide bonds. The molecule has 9 atom stereocenters. The van der Waals surface area contributed by atoms with Gasteiger partial charge in [-0.05, 0) is 33.6 Å². The molecule has 4 heterocycles. The maximum absolute atomic E-state index is 13.7. The van der Waals surface area contributed by atoms with Gasteiger partial charge in [0.1, 0.15) is 47.8 Å². The summed E-state index contributed by atoms with van der Waals surface area (Å²) in [5.74, 6) is -11.7. The van der Waals surface area contributed by atoms with Gasteiger partial charge in [0.2, 0.25) is 65.0 Å². The van der Waals surface area contributed by atoms with E-state index in [-0.39, 0.29) is 32.4 Å². The zero-order valence-electron chi connectivity index (χ0n) is 31.4. The van der Waals surface area contributed by atoms with Crippen LogP contribution < -0.4 is 48.7 Å². The molecule has 12 N–H and O–H groups in total. The van der Waals surface area contributed by atoms with E-state index in [0.29, 0.717) is 0 Å². The van der Waals surface area contributed by atoms with Gasteiger partial charge >= 0.3 is 5.97 Å². The number of primary amides is 2. The second kappa shape index (κ2) is 17.6. The molecule has 4 fully saturated rings. The lowest BCUT2D eigenvalue weighted by molar-refractivity contribution is -0.159. The van der Waals surface area contributed by atoms with Gasteiger partial charge in [-0.1, -0.05) is 0 Å². The molecule has 4 rings (SSSR count). The SMILES string of the molecule is C[C@@H]1NC(=O)C[C@@H]2NC(=O)[C@]3(CC(=O)O)C[C@@H](CN3C2=O)NC(=O)[C@H](C)NC(=O)[C@H](C)NC(=O)[C@H](CC(N)=O)NC(=O)[C@@H]2CCCN2C(=O)[C@H](CC(N)=O)NC1=O. The van der Waals surface area contributed by atoms with Crippen LogP contribution in [0.25, 0.3) is 0 Å². The van der Waals surface area contributed by atoms with E-state index < -0.39 is 151 Å². The summed E-state index contributed by atoms with van der Waals surface area (Å²) >= 11 is 0. The smallest absolute Gasteiger partial charge is 0.306 e. The third-order valence-electron chi connectivity index (χ3n) is 10.1. The van der Waals surface area contributed by atoms with Crippen molar-refractivity contribution in [3.63, 3.8) is 0 Å². The topological polar surface area (TPSA) is 368 Å². The fourth-order valence-electron chi connectivity index (χ4n) is 7.31. The first-order valence-corrected chi connectivity index (χ1v) is 18.2. The molecule has 3 bridgehead atoms. The Morgan fingerprint density at radius 1 is 0.702 bits per heavy atom. The molecule has 4 aliphatic rings. The number of carboxylic acid groups (broad SMARTS) is 1. The highest BCUT2D eigenvalue weighted by Gasteiger charge is 2.59. The first-order chi connectivity index (χ1) is 26.6. The van der Waals surface area contributed by atoms with Gasteiger partial charge in [0.15, 0.2) is 0 Å². The van der Waals surface area contributed by atoms with Crippen molar-refractivity contribution in [2.75, 3.05) is 13.1 Å². The fourth-order valence-corrected chi connectivity index (χ4v) is 7.31. The van der Waals surface area contributed by atoms with Gasteiger partial charge in [0, 0.05) is 25.6 Å². The molecular formula is C33H47N11O13. The van der Waals surface area contributed by atoms with E-state index in [4.69, 9.17) is 11.5 Å². The fraction of sp³-hybridized carbons (Fsp3) is 0.636. The van der Waals surface area contributed by atoms with Crippen LogP contribution in [0.15, 0.2) is 0 Å². The number of carbonyl (C=O) groups excluding carboxylic acids is 11. The molecule has 0 aromatic rings. The maximum Gasteiger partial charge on any atom is 0.306 e. The Morgan fingerprint density at radius 3 is 1.86 bits per heavy atom. The lowest BCUT2D eigenvalue weighted by atomic mass is 9.86. The number of hydrogen-bond acceptors (Lipinski definition) is 12. The minimum Gasteiger partial charge on any atom is -0.481 e.